The van der Waals surface area contributed by atoms with Crippen molar-refractivity contribution in [2.45, 2.75) is 37.6 Å². The number of carbonyl (C=O) groups excluding carboxylic acids is 1. The van der Waals surface area contributed by atoms with Crippen LogP contribution in [0.1, 0.15) is 24.5 Å². The van der Waals surface area contributed by atoms with E-state index < -0.39 is 0 Å². The van der Waals surface area contributed by atoms with Crippen molar-refractivity contribution in [1.29, 1.82) is 0 Å². The number of aryl methyl sites for hydroxylation is 2. The van der Waals surface area contributed by atoms with E-state index in [2.05, 4.69) is 16.4 Å². The molecule has 1 heterocycles. The highest BCUT2D eigenvalue weighted by Crippen LogP contribution is 2.36. The highest BCUT2D eigenvalue weighted by Gasteiger charge is 2.22. The molecule has 4 rings (SSSR count). The SMILES string of the molecule is CCC(Sc1nc(-c2ccc(OC)cc2)c(-c2ccc(OC)cc2)[nH]1)C(=O)Nc1cc(C)cc(C)c1. The maximum Gasteiger partial charge on any atom is 0.237 e. The number of nitrogens with zero attached hydrogens (tertiary/aromatic N) is 1. The molecule has 1 atom stereocenters. The normalized spacial score (nSPS) is 11.7. The average Bonchev–Trinajstić information content (AvgIpc) is 3.30. The molecule has 6 nitrogen and oxygen atoms in total. The minimum atomic E-state index is -0.301. The van der Waals surface area contributed by atoms with Crippen LogP contribution in [0, 0.1) is 13.8 Å². The number of hydrogen-bond acceptors (Lipinski definition) is 5. The highest BCUT2D eigenvalue weighted by atomic mass is 32.2. The third kappa shape index (κ3) is 5.91. The molecule has 0 radical (unpaired) electrons. The third-order valence-electron chi connectivity index (χ3n) is 5.83. The lowest BCUT2D eigenvalue weighted by Gasteiger charge is -2.14. The zero-order valence-corrected chi connectivity index (χ0v) is 22.0. The Kier molecular flexibility index (Phi) is 8.00. The summed E-state index contributed by atoms with van der Waals surface area (Å²) in [4.78, 5) is 21.5. The number of nitrogens with one attached hydrogen (secondary N) is 2. The van der Waals surface area contributed by atoms with Gasteiger partial charge in [-0.05, 0) is 92.1 Å². The monoisotopic (exact) mass is 501 g/mol. The van der Waals surface area contributed by atoms with Crippen LogP contribution in [-0.4, -0.2) is 35.3 Å². The molecule has 36 heavy (non-hydrogen) atoms. The van der Waals surface area contributed by atoms with Crippen molar-refractivity contribution >= 4 is 23.4 Å². The molecule has 0 aliphatic heterocycles. The van der Waals surface area contributed by atoms with E-state index in [0.29, 0.717) is 11.6 Å². The topological polar surface area (TPSA) is 76.2 Å². The van der Waals surface area contributed by atoms with Crippen molar-refractivity contribution in [3.63, 3.8) is 0 Å². The van der Waals surface area contributed by atoms with Gasteiger partial charge in [-0.3, -0.25) is 4.79 Å². The number of ether oxygens (including phenoxy) is 2. The summed E-state index contributed by atoms with van der Waals surface area (Å²) in [5.41, 5.74) is 6.68. The number of methoxy groups -OCH3 is 2. The summed E-state index contributed by atoms with van der Waals surface area (Å²) < 4.78 is 10.6. The highest BCUT2D eigenvalue weighted by molar-refractivity contribution is 8.00. The molecule has 0 bridgehead atoms. The van der Waals surface area contributed by atoms with Crippen molar-refractivity contribution in [2.75, 3.05) is 19.5 Å². The quantitative estimate of drug-likeness (QED) is 0.244. The standard InChI is InChI=1S/C29H31N3O3S/c1-6-25(28(33)30-22-16-18(2)15-19(3)17-22)36-29-31-26(20-7-11-23(34-4)12-8-20)27(32-29)21-9-13-24(35-5)14-10-21/h7-17,25H,6H2,1-5H3,(H,30,33)(H,31,32). The van der Waals surface area contributed by atoms with E-state index in [1.165, 1.54) is 11.8 Å². The summed E-state index contributed by atoms with van der Waals surface area (Å²) in [6.45, 7) is 6.06. The molecule has 1 unspecified atom stereocenters. The molecule has 3 aromatic carbocycles. The van der Waals surface area contributed by atoms with E-state index >= 15 is 0 Å². The Labute approximate surface area is 216 Å². The van der Waals surface area contributed by atoms with E-state index in [9.17, 15) is 4.79 Å². The van der Waals surface area contributed by atoms with E-state index in [1.807, 2.05) is 81.4 Å². The summed E-state index contributed by atoms with van der Waals surface area (Å²) >= 11 is 1.44. The van der Waals surface area contributed by atoms with Gasteiger partial charge in [0.25, 0.3) is 0 Å². The van der Waals surface area contributed by atoms with Crippen molar-refractivity contribution < 1.29 is 14.3 Å². The molecule has 186 valence electrons. The van der Waals surface area contributed by atoms with Gasteiger partial charge >= 0.3 is 0 Å². The van der Waals surface area contributed by atoms with Crippen LogP contribution in [0.2, 0.25) is 0 Å². The number of aromatic nitrogens is 2. The summed E-state index contributed by atoms with van der Waals surface area (Å²) in [5, 5.41) is 3.46. The van der Waals surface area contributed by atoms with Gasteiger partial charge in [-0.1, -0.05) is 24.8 Å². The number of H-pyrrole nitrogens is 1. The first-order valence-electron chi connectivity index (χ1n) is 11.8. The lowest BCUT2D eigenvalue weighted by atomic mass is 10.0. The largest absolute Gasteiger partial charge is 0.497 e. The Morgan fingerprint density at radius 2 is 1.47 bits per heavy atom. The lowest BCUT2D eigenvalue weighted by Crippen LogP contribution is -2.24. The van der Waals surface area contributed by atoms with Gasteiger partial charge in [0.2, 0.25) is 5.91 Å². The van der Waals surface area contributed by atoms with Crippen LogP contribution < -0.4 is 14.8 Å². The van der Waals surface area contributed by atoms with E-state index in [-0.39, 0.29) is 11.2 Å². The maximum atomic E-state index is 13.1. The second kappa shape index (κ2) is 11.4. The number of rotatable bonds is 9. The number of carbonyl (C=O) groups is 1. The number of anilines is 1. The van der Waals surface area contributed by atoms with Gasteiger partial charge in [-0.15, -0.1) is 0 Å². The molecular weight excluding hydrogens is 470 g/mol. The van der Waals surface area contributed by atoms with Crippen molar-refractivity contribution in [3.8, 4) is 34.0 Å². The van der Waals surface area contributed by atoms with Crippen LogP contribution in [0.3, 0.4) is 0 Å². The molecule has 0 fully saturated rings. The minimum absolute atomic E-state index is 0.0408. The van der Waals surface area contributed by atoms with Gasteiger partial charge in [0.15, 0.2) is 5.16 Å². The predicted octanol–water partition coefficient (Wildman–Crippen LogP) is 6.89. The van der Waals surface area contributed by atoms with E-state index in [0.717, 1.165) is 50.8 Å². The average molecular weight is 502 g/mol. The summed E-state index contributed by atoms with van der Waals surface area (Å²) in [6, 6.07) is 21.7. The Balaban J connectivity index is 1.64. The summed E-state index contributed by atoms with van der Waals surface area (Å²) in [5.74, 6) is 1.53. The Hall–Kier alpha value is -3.71. The molecule has 4 aromatic rings. The molecule has 2 N–H and O–H groups in total. The van der Waals surface area contributed by atoms with Gasteiger partial charge in [0, 0.05) is 16.8 Å². The Morgan fingerprint density at radius 3 is 2.00 bits per heavy atom. The van der Waals surface area contributed by atoms with Gasteiger partial charge in [-0.2, -0.15) is 0 Å². The van der Waals surface area contributed by atoms with Crippen LogP contribution in [-0.2, 0) is 4.79 Å². The minimum Gasteiger partial charge on any atom is -0.497 e. The van der Waals surface area contributed by atoms with E-state index in [1.54, 1.807) is 14.2 Å². The van der Waals surface area contributed by atoms with Gasteiger partial charge < -0.3 is 19.8 Å². The molecule has 0 saturated carbocycles. The Bertz CT molecular complexity index is 1250. The molecule has 0 aliphatic rings. The van der Waals surface area contributed by atoms with Crippen molar-refractivity contribution in [1.82, 2.24) is 9.97 Å². The third-order valence-corrected chi connectivity index (χ3v) is 7.08. The van der Waals surface area contributed by atoms with Crippen molar-refractivity contribution in [3.05, 3.63) is 77.9 Å². The van der Waals surface area contributed by atoms with Crippen LogP contribution in [0.25, 0.3) is 22.5 Å². The van der Waals surface area contributed by atoms with Gasteiger partial charge in [-0.25, -0.2) is 4.98 Å². The second-order valence-corrected chi connectivity index (χ2v) is 9.79. The van der Waals surface area contributed by atoms with Crippen LogP contribution in [0.5, 0.6) is 11.5 Å². The number of amides is 1. The number of aromatic amines is 1. The smallest absolute Gasteiger partial charge is 0.237 e. The Morgan fingerprint density at radius 1 is 0.917 bits per heavy atom. The fourth-order valence-corrected chi connectivity index (χ4v) is 4.97. The van der Waals surface area contributed by atoms with E-state index in [4.69, 9.17) is 14.5 Å². The maximum absolute atomic E-state index is 13.1. The second-order valence-electron chi connectivity index (χ2n) is 8.60. The first-order valence-corrected chi connectivity index (χ1v) is 12.7. The first-order chi connectivity index (χ1) is 17.4. The number of thioether (sulfide) groups is 1. The van der Waals surface area contributed by atoms with Gasteiger partial charge in [0.1, 0.15) is 11.5 Å². The molecule has 0 aliphatic carbocycles. The lowest BCUT2D eigenvalue weighted by molar-refractivity contribution is -0.115. The number of benzene rings is 3. The number of hydrogen-bond donors (Lipinski definition) is 2. The molecule has 7 heteroatoms. The summed E-state index contributed by atoms with van der Waals surface area (Å²) in [6.07, 6.45) is 0.664. The zero-order valence-electron chi connectivity index (χ0n) is 21.2. The molecular formula is C29H31N3O3S. The molecule has 1 amide bonds. The number of imidazole rings is 1. The van der Waals surface area contributed by atoms with Crippen LogP contribution >= 0.6 is 11.8 Å². The first kappa shape index (κ1) is 25.4. The predicted molar refractivity (Wildman–Crippen MR) is 147 cm³/mol. The zero-order chi connectivity index (χ0) is 25.7. The van der Waals surface area contributed by atoms with Crippen LogP contribution in [0.15, 0.2) is 71.9 Å². The fourth-order valence-electron chi connectivity index (χ4n) is 4.06. The summed E-state index contributed by atoms with van der Waals surface area (Å²) in [7, 11) is 3.30. The van der Waals surface area contributed by atoms with Crippen molar-refractivity contribution in [2.24, 2.45) is 0 Å². The van der Waals surface area contributed by atoms with Gasteiger partial charge in [0.05, 0.1) is 30.9 Å². The fraction of sp³-hybridized carbons (Fsp3) is 0.241. The van der Waals surface area contributed by atoms with Crippen LogP contribution in [0.4, 0.5) is 5.69 Å². The molecule has 0 spiro atoms. The molecule has 0 saturated heterocycles. The molecule has 1 aromatic heterocycles.